The molecule has 5 atom stereocenters. The Bertz CT molecular complexity index is 1090. The van der Waals surface area contributed by atoms with Crippen LogP contribution < -0.4 is 10.1 Å². The van der Waals surface area contributed by atoms with E-state index in [1.54, 1.807) is 30.7 Å². The van der Waals surface area contributed by atoms with E-state index in [-0.39, 0.29) is 23.7 Å². The number of nitrogens with one attached hydrogen (secondary N) is 1. The minimum Gasteiger partial charge on any atom is -0.490 e. The topological polar surface area (TPSA) is 77.0 Å². The molecule has 2 heterocycles. The summed E-state index contributed by atoms with van der Waals surface area (Å²) in [5, 5.41) is 3.57. The summed E-state index contributed by atoms with van der Waals surface area (Å²) >= 11 is 0. The standard InChI is InChI=1S/C23H23FN4O2/c1-12-10-27-21(11-26-12)28-23(29)13(2)22-16-8-15(9-17(16)22)30-20-5-6-25-19-4-3-14(24)7-18(19)20/h3-7,10-11,13,15-17,22H,8-9H2,1-2H3,(H,27,28,29)/t13?,15-,16-,17+,22+. The van der Waals surface area contributed by atoms with Crippen LogP contribution in [0, 0.1) is 36.4 Å². The first-order chi connectivity index (χ1) is 14.5. The Balaban J connectivity index is 1.20. The molecule has 1 unspecified atom stereocenters. The number of hydrogen-bond acceptors (Lipinski definition) is 5. The minimum absolute atomic E-state index is 0.0133. The van der Waals surface area contributed by atoms with E-state index in [1.807, 2.05) is 13.8 Å². The number of amides is 1. The molecule has 3 aromatic rings. The predicted octanol–water partition coefficient (Wildman–Crippen LogP) is 4.15. The molecule has 0 radical (unpaired) electrons. The van der Waals surface area contributed by atoms with Gasteiger partial charge in [0.25, 0.3) is 0 Å². The molecule has 0 bridgehead atoms. The second-order valence-electron chi connectivity index (χ2n) is 8.41. The Morgan fingerprint density at radius 2 is 1.97 bits per heavy atom. The molecule has 7 heteroatoms. The molecule has 154 valence electrons. The molecular formula is C23H23FN4O2. The van der Waals surface area contributed by atoms with Crippen molar-refractivity contribution >= 4 is 22.6 Å². The minimum atomic E-state index is -0.298. The number of carbonyl (C=O) groups is 1. The van der Waals surface area contributed by atoms with Gasteiger partial charge in [0, 0.05) is 17.5 Å². The summed E-state index contributed by atoms with van der Waals surface area (Å²) in [5.41, 5.74) is 1.54. The Kier molecular flexibility index (Phi) is 4.60. The van der Waals surface area contributed by atoms with Gasteiger partial charge in [-0.05, 0) is 61.8 Å². The third kappa shape index (κ3) is 3.49. The highest BCUT2D eigenvalue weighted by Crippen LogP contribution is 2.61. The van der Waals surface area contributed by atoms with Gasteiger partial charge in [0.2, 0.25) is 5.91 Å². The quantitative estimate of drug-likeness (QED) is 0.689. The number of rotatable bonds is 5. The number of anilines is 1. The molecule has 5 rings (SSSR count). The van der Waals surface area contributed by atoms with E-state index in [0.717, 1.165) is 24.1 Å². The largest absolute Gasteiger partial charge is 0.490 e. The van der Waals surface area contributed by atoms with E-state index in [0.29, 0.717) is 34.7 Å². The Labute approximate surface area is 173 Å². The molecule has 30 heavy (non-hydrogen) atoms. The molecule has 2 fully saturated rings. The van der Waals surface area contributed by atoms with E-state index in [2.05, 4.69) is 20.3 Å². The van der Waals surface area contributed by atoms with Gasteiger partial charge in [-0.1, -0.05) is 6.92 Å². The van der Waals surface area contributed by atoms with Crippen LogP contribution in [0.2, 0.25) is 0 Å². The van der Waals surface area contributed by atoms with Crippen LogP contribution in [-0.4, -0.2) is 27.0 Å². The van der Waals surface area contributed by atoms with E-state index in [9.17, 15) is 9.18 Å². The Morgan fingerprint density at radius 1 is 1.17 bits per heavy atom. The van der Waals surface area contributed by atoms with Crippen LogP contribution in [0.25, 0.3) is 10.9 Å². The summed E-state index contributed by atoms with van der Waals surface area (Å²) in [5.74, 6) is 2.12. The van der Waals surface area contributed by atoms with Crippen LogP contribution in [0.15, 0.2) is 42.9 Å². The third-order valence-corrected chi connectivity index (χ3v) is 6.45. The molecule has 0 aliphatic heterocycles. The summed E-state index contributed by atoms with van der Waals surface area (Å²) in [6.45, 7) is 3.84. The number of carbonyl (C=O) groups excluding carboxylic acids is 1. The zero-order valence-electron chi connectivity index (χ0n) is 16.9. The number of aromatic nitrogens is 3. The average Bonchev–Trinajstić information content (AvgIpc) is 3.24. The smallest absolute Gasteiger partial charge is 0.228 e. The average molecular weight is 406 g/mol. The molecule has 1 amide bonds. The normalized spacial score (nSPS) is 25.6. The fourth-order valence-corrected chi connectivity index (χ4v) is 4.93. The Morgan fingerprint density at radius 3 is 2.70 bits per heavy atom. The van der Waals surface area contributed by atoms with Gasteiger partial charge in [0.05, 0.1) is 29.7 Å². The van der Waals surface area contributed by atoms with Crippen molar-refractivity contribution in [3.05, 3.63) is 54.4 Å². The lowest BCUT2D eigenvalue weighted by Gasteiger charge is -2.20. The van der Waals surface area contributed by atoms with Gasteiger partial charge in [-0.25, -0.2) is 9.37 Å². The number of benzene rings is 1. The van der Waals surface area contributed by atoms with Crippen LogP contribution in [0.5, 0.6) is 5.75 Å². The molecular weight excluding hydrogens is 383 g/mol. The van der Waals surface area contributed by atoms with Crippen LogP contribution in [0.1, 0.15) is 25.5 Å². The molecule has 2 aromatic heterocycles. The second kappa shape index (κ2) is 7.31. The van der Waals surface area contributed by atoms with E-state index in [4.69, 9.17) is 4.74 Å². The zero-order valence-corrected chi connectivity index (χ0v) is 16.9. The first kappa shape index (κ1) is 18.9. The van der Waals surface area contributed by atoms with E-state index in [1.165, 1.54) is 12.1 Å². The van der Waals surface area contributed by atoms with Crippen molar-refractivity contribution in [3.8, 4) is 5.75 Å². The number of ether oxygens (including phenoxy) is 1. The lowest BCUT2D eigenvalue weighted by molar-refractivity contribution is -0.120. The molecule has 2 aliphatic rings. The van der Waals surface area contributed by atoms with Crippen LogP contribution in [-0.2, 0) is 4.79 Å². The second-order valence-corrected chi connectivity index (χ2v) is 8.41. The van der Waals surface area contributed by atoms with Crippen LogP contribution >= 0.6 is 0 Å². The summed E-state index contributed by atoms with van der Waals surface area (Å²) in [6, 6.07) is 6.33. The highest BCUT2D eigenvalue weighted by Gasteiger charge is 2.59. The fraction of sp³-hybridized carbons (Fsp3) is 0.391. The number of nitrogens with zero attached hydrogens (tertiary/aromatic N) is 3. The number of fused-ring (bicyclic) bond motifs is 2. The molecule has 2 saturated carbocycles. The lowest BCUT2D eigenvalue weighted by Crippen LogP contribution is -2.26. The van der Waals surface area contributed by atoms with Gasteiger partial charge in [-0.2, -0.15) is 0 Å². The van der Waals surface area contributed by atoms with Gasteiger partial charge >= 0.3 is 0 Å². The maximum absolute atomic E-state index is 13.7. The summed E-state index contributed by atoms with van der Waals surface area (Å²) in [6.07, 6.45) is 6.83. The third-order valence-electron chi connectivity index (χ3n) is 6.45. The van der Waals surface area contributed by atoms with Crippen molar-refractivity contribution in [1.29, 1.82) is 0 Å². The number of aryl methyl sites for hydroxylation is 1. The van der Waals surface area contributed by atoms with Gasteiger partial charge in [0.15, 0.2) is 5.82 Å². The lowest BCUT2D eigenvalue weighted by atomic mass is 9.97. The predicted molar refractivity (Wildman–Crippen MR) is 110 cm³/mol. The highest BCUT2D eigenvalue weighted by molar-refractivity contribution is 5.91. The van der Waals surface area contributed by atoms with Crippen molar-refractivity contribution in [3.63, 3.8) is 0 Å². The summed E-state index contributed by atoms with van der Waals surface area (Å²) in [4.78, 5) is 25.2. The monoisotopic (exact) mass is 406 g/mol. The molecule has 6 nitrogen and oxygen atoms in total. The first-order valence-electron chi connectivity index (χ1n) is 10.3. The van der Waals surface area contributed by atoms with Gasteiger partial charge < -0.3 is 10.1 Å². The van der Waals surface area contributed by atoms with Crippen molar-refractivity contribution in [2.24, 2.45) is 23.7 Å². The van der Waals surface area contributed by atoms with Crippen LogP contribution in [0.3, 0.4) is 0 Å². The van der Waals surface area contributed by atoms with Gasteiger partial charge in [-0.3, -0.25) is 14.8 Å². The summed E-state index contributed by atoms with van der Waals surface area (Å²) in [7, 11) is 0. The van der Waals surface area contributed by atoms with Crippen molar-refractivity contribution in [2.75, 3.05) is 5.32 Å². The number of hydrogen-bond donors (Lipinski definition) is 1. The number of pyridine rings is 1. The fourth-order valence-electron chi connectivity index (χ4n) is 4.93. The highest BCUT2D eigenvalue weighted by atomic mass is 19.1. The van der Waals surface area contributed by atoms with Crippen LogP contribution in [0.4, 0.5) is 10.2 Å². The van der Waals surface area contributed by atoms with Crippen molar-refractivity contribution in [2.45, 2.75) is 32.8 Å². The van der Waals surface area contributed by atoms with E-state index < -0.39 is 0 Å². The first-order valence-corrected chi connectivity index (χ1v) is 10.3. The molecule has 0 saturated heterocycles. The molecule has 0 spiro atoms. The van der Waals surface area contributed by atoms with Crippen molar-refractivity contribution in [1.82, 2.24) is 15.0 Å². The molecule has 1 N–H and O–H groups in total. The van der Waals surface area contributed by atoms with Gasteiger partial charge in [-0.15, -0.1) is 0 Å². The summed E-state index contributed by atoms with van der Waals surface area (Å²) < 4.78 is 19.9. The maximum atomic E-state index is 13.7. The molecule has 1 aromatic carbocycles. The Hall–Kier alpha value is -3.09. The molecule has 2 aliphatic carbocycles. The van der Waals surface area contributed by atoms with Gasteiger partial charge in [0.1, 0.15) is 11.6 Å². The van der Waals surface area contributed by atoms with E-state index >= 15 is 0 Å². The SMILES string of the molecule is Cc1cnc(NC(=O)C(C)[C@H]2[C@@H]3C[C@@H](Oc4ccnc5ccc(F)cc45)C[C@@H]32)cn1. The number of halogens is 1. The zero-order chi connectivity index (χ0) is 20.8. The van der Waals surface area contributed by atoms with Crippen molar-refractivity contribution < 1.29 is 13.9 Å². The maximum Gasteiger partial charge on any atom is 0.228 e.